The van der Waals surface area contributed by atoms with E-state index in [2.05, 4.69) is 20.2 Å². The van der Waals surface area contributed by atoms with Crippen molar-refractivity contribution >= 4 is 17.4 Å². The first-order chi connectivity index (χ1) is 9.93. The molecule has 0 unspecified atom stereocenters. The Morgan fingerprint density at radius 2 is 1.95 bits per heavy atom. The van der Waals surface area contributed by atoms with Crippen LogP contribution in [0.5, 0.6) is 0 Å². The lowest BCUT2D eigenvalue weighted by Crippen LogP contribution is -2.06. The molecule has 3 heterocycles. The first kappa shape index (κ1) is 13.8. The van der Waals surface area contributed by atoms with Gasteiger partial charge in [0, 0.05) is 12.4 Å². The summed E-state index contributed by atoms with van der Waals surface area (Å²) in [6, 6.07) is 3.92. The fourth-order valence-electron chi connectivity index (χ4n) is 1.69. The van der Waals surface area contributed by atoms with Gasteiger partial charge in [-0.05, 0) is 36.9 Å². The van der Waals surface area contributed by atoms with Crippen LogP contribution < -0.4 is 0 Å². The average Bonchev–Trinajstić information content (AvgIpc) is 2.80. The molecule has 0 saturated heterocycles. The molecule has 0 saturated carbocycles. The highest BCUT2D eigenvalue weighted by Crippen LogP contribution is 2.31. The molecule has 5 nitrogen and oxygen atoms in total. The van der Waals surface area contributed by atoms with Crippen molar-refractivity contribution in [2.45, 2.75) is 23.3 Å². The lowest BCUT2D eigenvalue weighted by molar-refractivity contribution is -0.137. The zero-order valence-electron chi connectivity index (χ0n) is 10.7. The van der Waals surface area contributed by atoms with Crippen LogP contribution in [-0.4, -0.2) is 24.6 Å². The molecule has 9 heteroatoms. The maximum atomic E-state index is 12.8. The SMILES string of the molecule is Cc1nccc(Sc2nnc3ccc(C(F)(F)F)cn23)n1. The summed E-state index contributed by atoms with van der Waals surface area (Å²) in [5.74, 6) is 0.574. The summed E-state index contributed by atoms with van der Waals surface area (Å²) in [7, 11) is 0. The van der Waals surface area contributed by atoms with E-state index in [0.29, 0.717) is 21.7 Å². The number of pyridine rings is 1. The molecule has 0 aliphatic heterocycles. The van der Waals surface area contributed by atoms with Gasteiger partial charge in [-0.2, -0.15) is 13.2 Å². The van der Waals surface area contributed by atoms with Gasteiger partial charge in [-0.25, -0.2) is 9.97 Å². The van der Waals surface area contributed by atoms with E-state index in [1.54, 1.807) is 19.2 Å². The predicted octanol–water partition coefficient (Wildman–Crippen LogP) is 3.00. The van der Waals surface area contributed by atoms with Crippen LogP contribution in [0.4, 0.5) is 13.2 Å². The van der Waals surface area contributed by atoms with E-state index >= 15 is 0 Å². The standard InChI is InChI=1S/C12H8F3N5S/c1-7-16-5-4-10(17-7)21-11-19-18-9-3-2-8(6-20(9)11)12(13,14)15/h2-6H,1H3. The van der Waals surface area contributed by atoms with E-state index < -0.39 is 11.7 Å². The summed E-state index contributed by atoms with van der Waals surface area (Å²) in [5, 5.41) is 8.64. The number of aryl methyl sites for hydroxylation is 1. The first-order valence-electron chi connectivity index (χ1n) is 5.83. The molecule has 0 amide bonds. The quantitative estimate of drug-likeness (QED) is 0.681. The molecule has 0 spiro atoms. The molecule has 108 valence electrons. The zero-order valence-corrected chi connectivity index (χ0v) is 11.5. The van der Waals surface area contributed by atoms with Crippen molar-refractivity contribution in [3.8, 4) is 0 Å². The van der Waals surface area contributed by atoms with Gasteiger partial charge in [-0.15, -0.1) is 10.2 Å². The second-order valence-corrected chi connectivity index (χ2v) is 5.16. The fourth-order valence-corrected chi connectivity index (χ4v) is 2.51. The van der Waals surface area contributed by atoms with E-state index in [9.17, 15) is 13.2 Å². The van der Waals surface area contributed by atoms with Gasteiger partial charge in [0.15, 0.2) is 5.65 Å². The fraction of sp³-hybridized carbons (Fsp3) is 0.167. The Morgan fingerprint density at radius 3 is 2.67 bits per heavy atom. The van der Waals surface area contributed by atoms with Crippen molar-refractivity contribution in [2.75, 3.05) is 0 Å². The highest BCUT2D eigenvalue weighted by atomic mass is 32.2. The Labute approximate surface area is 121 Å². The number of nitrogens with zero attached hydrogens (tertiary/aromatic N) is 5. The smallest absolute Gasteiger partial charge is 0.277 e. The molecule has 0 bridgehead atoms. The van der Waals surface area contributed by atoms with E-state index in [1.807, 2.05) is 0 Å². The minimum absolute atomic E-state index is 0.314. The maximum Gasteiger partial charge on any atom is 0.417 e. The van der Waals surface area contributed by atoms with Crippen LogP contribution in [0.1, 0.15) is 11.4 Å². The molecule has 0 N–H and O–H groups in total. The van der Waals surface area contributed by atoms with Gasteiger partial charge in [0.25, 0.3) is 0 Å². The Morgan fingerprint density at radius 1 is 1.14 bits per heavy atom. The van der Waals surface area contributed by atoms with Crippen LogP contribution in [0.2, 0.25) is 0 Å². The largest absolute Gasteiger partial charge is 0.417 e. The lowest BCUT2D eigenvalue weighted by Gasteiger charge is -2.07. The van der Waals surface area contributed by atoms with Crippen LogP contribution in [0, 0.1) is 6.92 Å². The van der Waals surface area contributed by atoms with Crippen molar-refractivity contribution in [3.63, 3.8) is 0 Å². The maximum absolute atomic E-state index is 12.8. The van der Waals surface area contributed by atoms with Gasteiger partial charge in [0.05, 0.1) is 5.56 Å². The second kappa shape index (κ2) is 4.99. The Hall–Kier alpha value is -2.16. The van der Waals surface area contributed by atoms with Gasteiger partial charge >= 0.3 is 6.18 Å². The minimum atomic E-state index is -4.41. The van der Waals surface area contributed by atoms with Crippen LogP contribution in [0.15, 0.2) is 40.8 Å². The third kappa shape index (κ3) is 2.82. The van der Waals surface area contributed by atoms with Crippen molar-refractivity contribution in [1.82, 2.24) is 24.6 Å². The average molecular weight is 311 g/mol. The summed E-state index contributed by atoms with van der Waals surface area (Å²) >= 11 is 1.13. The van der Waals surface area contributed by atoms with E-state index in [0.717, 1.165) is 24.0 Å². The molecule has 0 fully saturated rings. The van der Waals surface area contributed by atoms with Crippen LogP contribution in [0.25, 0.3) is 5.65 Å². The number of halogens is 3. The van der Waals surface area contributed by atoms with E-state index in [1.165, 1.54) is 10.5 Å². The van der Waals surface area contributed by atoms with Gasteiger partial charge in [0.1, 0.15) is 10.9 Å². The highest BCUT2D eigenvalue weighted by molar-refractivity contribution is 7.99. The monoisotopic (exact) mass is 311 g/mol. The van der Waals surface area contributed by atoms with Crippen molar-refractivity contribution < 1.29 is 13.2 Å². The van der Waals surface area contributed by atoms with Crippen LogP contribution in [0.3, 0.4) is 0 Å². The van der Waals surface area contributed by atoms with E-state index in [4.69, 9.17) is 0 Å². The molecular formula is C12H8F3N5S. The molecule has 3 aromatic heterocycles. The summed E-state index contributed by atoms with van der Waals surface area (Å²) in [6.45, 7) is 1.73. The van der Waals surface area contributed by atoms with Crippen LogP contribution in [-0.2, 0) is 6.18 Å². The Bertz CT molecular complexity index is 799. The van der Waals surface area contributed by atoms with Crippen molar-refractivity contribution in [1.29, 1.82) is 0 Å². The second-order valence-electron chi connectivity index (χ2n) is 4.17. The zero-order chi connectivity index (χ0) is 15.0. The highest BCUT2D eigenvalue weighted by Gasteiger charge is 2.31. The number of aromatic nitrogens is 5. The van der Waals surface area contributed by atoms with Crippen molar-refractivity contribution in [3.05, 3.63) is 42.0 Å². The normalized spacial score (nSPS) is 12.0. The molecule has 21 heavy (non-hydrogen) atoms. The van der Waals surface area contributed by atoms with Crippen LogP contribution >= 0.6 is 11.8 Å². The Balaban J connectivity index is 2.03. The molecule has 0 aliphatic rings. The number of fused-ring (bicyclic) bond motifs is 1. The molecule has 0 aromatic carbocycles. The summed E-state index contributed by atoms with van der Waals surface area (Å²) in [6.07, 6.45) is -1.85. The topological polar surface area (TPSA) is 56.0 Å². The van der Waals surface area contributed by atoms with Crippen molar-refractivity contribution in [2.24, 2.45) is 0 Å². The Kier molecular flexibility index (Phi) is 3.28. The summed E-state index contributed by atoms with van der Waals surface area (Å²) in [5.41, 5.74) is -0.410. The van der Waals surface area contributed by atoms with Gasteiger partial charge in [0.2, 0.25) is 5.16 Å². The first-order valence-corrected chi connectivity index (χ1v) is 6.64. The molecule has 0 aliphatic carbocycles. The molecule has 0 radical (unpaired) electrons. The minimum Gasteiger partial charge on any atom is -0.277 e. The number of alkyl halides is 3. The lowest BCUT2D eigenvalue weighted by atomic mass is 10.3. The molecule has 0 atom stereocenters. The predicted molar refractivity (Wildman–Crippen MR) is 68.9 cm³/mol. The number of hydrogen-bond acceptors (Lipinski definition) is 5. The molecule has 3 aromatic rings. The molecular weight excluding hydrogens is 303 g/mol. The van der Waals surface area contributed by atoms with Gasteiger partial charge in [-0.3, -0.25) is 4.40 Å². The third-order valence-corrected chi connectivity index (χ3v) is 3.54. The van der Waals surface area contributed by atoms with Gasteiger partial charge < -0.3 is 0 Å². The summed E-state index contributed by atoms with van der Waals surface area (Å²) in [4.78, 5) is 8.14. The third-order valence-electron chi connectivity index (χ3n) is 2.64. The van der Waals surface area contributed by atoms with Gasteiger partial charge in [-0.1, -0.05) is 0 Å². The van der Waals surface area contributed by atoms with E-state index in [-0.39, 0.29) is 0 Å². The summed E-state index contributed by atoms with van der Waals surface area (Å²) < 4.78 is 39.6. The number of rotatable bonds is 2. The number of hydrogen-bond donors (Lipinski definition) is 0. The molecule has 3 rings (SSSR count).